The molecule has 0 saturated heterocycles. The van der Waals surface area contributed by atoms with Gasteiger partial charge in [-0.05, 0) is 55.4 Å². The Balaban J connectivity index is 2.56. The van der Waals surface area contributed by atoms with Gasteiger partial charge in [-0.1, -0.05) is 50.6 Å². The molecule has 0 N–H and O–H groups in total. The smallest absolute Gasteiger partial charge is 0.0450 e. The van der Waals surface area contributed by atoms with E-state index in [4.69, 9.17) is 4.98 Å². The van der Waals surface area contributed by atoms with Gasteiger partial charge in [0.15, 0.2) is 0 Å². The molecule has 1 heteroatoms. The van der Waals surface area contributed by atoms with Gasteiger partial charge in [-0.3, -0.25) is 4.98 Å². The van der Waals surface area contributed by atoms with Crippen LogP contribution in [0.15, 0.2) is 30.3 Å². The fourth-order valence-electron chi connectivity index (χ4n) is 2.58. The van der Waals surface area contributed by atoms with Crippen molar-refractivity contribution in [3.8, 4) is 11.1 Å². The Kier molecular flexibility index (Phi) is 4.59. The average molecular weight is 266 g/mol. The Morgan fingerprint density at radius 1 is 1.10 bits per heavy atom. The van der Waals surface area contributed by atoms with Crippen molar-refractivity contribution in [1.82, 2.24) is 4.98 Å². The van der Waals surface area contributed by atoms with E-state index in [-0.39, 0.29) is 0 Å². The third kappa shape index (κ3) is 3.27. The van der Waals surface area contributed by atoms with Gasteiger partial charge in [0, 0.05) is 11.4 Å². The highest BCUT2D eigenvalue weighted by atomic mass is 14.7. The fourth-order valence-corrected chi connectivity index (χ4v) is 2.58. The molecule has 1 aromatic heterocycles. The second-order valence-electron chi connectivity index (χ2n) is 5.92. The molecular formula is C19H24N. The van der Waals surface area contributed by atoms with Gasteiger partial charge in [-0.2, -0.15) is 0 Å². The average Bonchev–Trinajstić information content (AvgIpc) is 2.38. The van der Waals surface area contributed by atoms with Crippen LogP contribution in [-0.2, 0) is 6.42 Å². The van der Waals surface area contributed by atoms with Crippen molar-refractivity contribution in [1.29, 1.82) is 0 Å². The molecule has 1 radical (unpaired) electrons. The Morgan fingerprint density at radius 2 is 1.75 bits per heavy atom. The summed E-state index contributed by atoms with van der Waals surface area (Å²) in [4.78, 5) is 4.76. The van der Waals surface area contributed by atoms with E-state index in [2.05, 4.69) is 71.4 Å². The molecule has 0 bridgehead atoms. The molecule has 0 spiro atoms. The molecule has 0 amide bonds. The molecule has 0 saturated carbocycles. The molecule has 0 unspecified atom stereocenters. The lowest BCUT2D eigenvalue weighted by Crippen LogP contribution is -2.05. The zero-order valence-corrected chi connectivity index (χ0v) is 13.2. The van der Waals surface area contributed by atoms with Crippen molar-refractivity contribution < 1.29 is 0 Å². The molecule has 1 nitrogen and oxygen atoms in total. The summed E-state index contributed by atoms with van der Waals surface area (Å²) in [5.74, 6) is 0.619. The number of pyridine rings is 1. The van der Waals surface area contributed by atoms with Crippen LogP contribution in [0.2, 0.25) is 0 Å². The summed E-state index contributed by atoms with van der Waals surface area (Å²) < 4.78 is 0. The van der Waals surface area contributed by atoms with Crippen LogP contribution in [0.1, 0.15) is 43.3 Å². The van der Waals surface area contributed by atoms with E-state index in [0.717, 1.165) is 12.1 Å². The first-order chi connectivity index (χ1) is 9.51. The SMILES string of the molecule is C[CH]c1c(-c2ccc(C)cc2)cc(C)nc1CC(C)C. The van der Waals surface area contributed by atoms with E-state index >= 15 is 0 Å². The van der Waals surface area contributed by atoms with Crippen LogP contribution in [0.25, 0.3) is 11.1 Å². The van der Waals surface area contributed by atoms with Crippen molar-refractivity contribution in [2.45, 2.75) is 41.0 Å². The lowest BCUT2D eigenvalue weighted by Gasteiger charge is -2.16. The zero-order chi connectivity index (χ0) is 14.7. The third-order valence-corrected chi connectivity index (χ3v) is 3.52. The van der Waals surface area contributed by atoms with Gasteiger partial charge in [0.05, 0.1) is 0 Å². The van der Waals surface area contributed by atoms with Gasteiger partial charge in [-0.15, -0.1) is 0 Å². The second kappa shape index (κ2) is 6.21. The number of rotatable bonds is 4. The number of hydrogen-bond acceptors (Lipinski definition) is 1. The number of aryl methyl sites for hydroxylation is 2. The molecule has 0 aliphatic rings. The number of benzene rings is 1. The van der Waals surface area contributed by atoms with Crippen LogP contribution in [-0.4, -0.2) is 4.98 Å². The minimum absolute atomic E-state index is 0.619. The summed E-state index contributed by atoms with van der Waals surface area (Å²) in [7, 11) is 0. The van der Waals surface area contributed by atoms with Crippen LogP contribution in [0.5, 0.6) is 0 Å². The van der Waals surface area contributed by atoms with Gasteiger partial charge in [0.2, 0.25) is 0 Å². The van der Waals surface area contributed by atoms with E-state index in [1.807, 2.05) is 0 Å². The minimum atomic E-state index is 0.619. The Bertz CT molecular complexity index is 579. The first-order valence-corrected chi connectivity index (χ1v) is 7.38. The predicted molar refractivity (Wildman–Crippen MR) is 86.8 cm³/mol. The first kappa shape index (κ1) is 14.8. The zero-order valence-electron chi connectivity index (χ0n) is 13.2. The monoisotopic (exact) mass is 266 g/mol. The quantitative estimate of drug-likeness (QED) is 0.747. The summed E-state index contributed by atoms with van der Waals surface area (Å²) in [5, 5.41) is 0. The van der Waals surface area contributed by atoms with E-state index in [1.165, 1.54) is 27.9 Å². The van der Waals surface area contributed by atoms with Crippen LogP contribution < -0.4 is 0 Å². The van der Waals surface area contributed by atoms with E-state index in [9.17, 15) is 0 Å². The minimum Gasteiger partial charge on any atom is -0.258 e. The van der Waals surface area contributed by atoms with Crippen LogP contribution in [0.4, 0.5) is 0 Å². The summed E-state index contributed by atoms with van der Waals surface area (Å²) in [6, 6.07) is 11.0. The Labute approximate surface area is 123 Å². The highest BCUT2D eigenvalue weighted by Gasteiger charge is 2.12. The van der Waals surface area contributed by atoms with Gasteiger partial charge < -0.3 is 0 Å². The molecule has 0 aliphatic heterocycles. The Morgan fingerprint density at radius 3 is 2.30 bits per heavy atom. The molecule has 1 aromatic carbocycles. The predicted octanol–water partition coefficient (Wildman–Crippen LogP) is 5.14. The lowest BCUT2D eigenvalue weighted by atomic mass is 9.93. The van der Waals surface area contributed by atoms with Crippen LogP contribution >= 0.6 is 0 Å². The van der Waals surface area contributed by atoms with E-state index in [1.54, 1.807) is 0 Å². The molecule has 1 heterocycles. The molecule has 0 fully saturated rings. The van der Waals surface area contributed by atoms with Crippen molar-refractivity contribution in [3.63, 3.8) is 0 Å². The topological polar surface area (TPSA) is 12.9 Å². The van der Waals surface area contributed by atoms with Gasteiger partial charge >= 0.3 is 0 Å². The van der Waals surface area contributed by atoms with Crippen molar-refractivity contribution in [2.75, 3.05) is 0 Å². The second-order valence-corrected chi connectivity index (χ2v) is 5.92. The number of aromatic nitrogens is 1. The normalized spacial score (nSPS) is 11.1. The highest BCUT2D eigenvalue weighted by molar-refractivity contribution is 5.70. The molecule has 0 atom stereocenters. The molecular weight excluding hydrogens is 242 g/mol. The largest absolute Gasteiger partial charge is 0.258 e. The summed E-state index contributed by atoms with van der Waals surface area (Å²) >= 11 is 0. The highest BCUT2D eigenvalue weighted by Crippen LogP contribution is 2.29. The number of hydrogen-bond donors (Lipinski definition) is 0. The van der Waals surface area contributed by atoms with Gasteiger partial charge in [0.25, 0.3) is 0 Å². The Hall–Kier alpha value is -1.63. The number of nitrogens with zero attached hydrogens (tertiary/aromatic N) is 1. The standard InChI is InChI=1S/C19H24N/c1-6-17-18(16-9-7-14(4)8-10-16)12-15(5)20-19(17)11-13(2)3/h6-10,12-13H,11H2,1-5H3. The van der Waals surface area contributed by atoms with Crippen molar-refractivity contribution >= 4 is 0 Å². The fraction of sp³-hybridized carbons (Fsp3) is 0.368. The molecule has 2 aromatic rings. The van der Waals surface area contributed by atoms with Gasteiger partial charge in [-0.25, -0.2) is 0 Å². The van der Waals surface area contributed by atoms with Crippen molar-refractivity contribution in [3.05, 3.63) is 59.3 Å². The maximum Gasteiger partial charge on any atom is 0.0450 e. The van der Waals surface area contributed by atoms with E-state index in [0.29, 0.717) is 5.92 Å². The van der Waals surface area contributed by atoms with Gasteiger partial charge in [0.1, 0.15) is 0 Å². The lowest BCUT2D eigenvalue weighted by molar-refractivity contribution is 0.632. The third-order valence-electron chi connectivity index (χ3n) is 3.52. The van der Waals surface area contributed by atoms with Crippen LogP contribution in [0, 0.1) is 26.2 Å². The van der Waals surface area contributed by atoms with Crippen LogP contribution in [0.3, 0.4) is 0 Å². The molecule has 105 valence electrons. The molecule has 0 aliphatic carbocycles. The summed E-state index contributed by atoms with van der Waals surface area (Å²) in [6.07, 6.45) is 3.22. The van der Waals surface area contributed by atoms with E-state index < -0.39 is 0 Å². The maximum absolute atomic E-state index is 4.76. The maximum atomic E-state index is 4.76. The molecule has 2 rings (SSSR count). The first-order valence-electron chi connectivity index (χ1n) is 7.38. The summed E-state index contributed by atoms with van der Waals surface area (Å²) in [6.45, 7) is 10.8. The molecule has 20 heavy (non-hydrogen) atoms. The summed E-state index contributed by atoms with van der Waals surface area (Å²) in [5.41, 5.74) is 7.48. The van der Waals surface area contributed by atoms with Crippen molar-refractivity contribution in [2.24, 2.45) is 5.92 Å².